The van der Waals surface area contributed by atoms with Crippen LogP contribution in [0.2, 0.25) is 0 Å². The van der Waals surface area contributed by atoms with Crippen molar-refractivity contribution in [3.8, 4) is 0 Å². The number of methoxy groups -OCH3 is 1. The fourth-order valence-corrected chi connectivity index (χ4v) is 2.24. The quantitative estimate of drug-likeness (QED) is 0.250. The number of ether oxygens (including phenoxy) is 1. The van der Waals surface area contributed by atoms with E-state index in [1.165, 1.54) is 44.9 Å². The lowest BCUT2D eigenvalue weighted by Gasteiger charge is -2.12. The number of carbonyl (C=O) groups excluding carboxylic acids is 1. The second-order valence-electron chi connectivity index (χ2n) is 5.21. The Labute approximate surface area is 119 Å². The average Bonchev–Trinajstić information content (AvgIpc) is 2.43. The first-order valence-electron chi connectivity index (χ1n) is 7.96. The van der Waals surface area contributed by atoms with Crippen molar-refractivity contribution < 1.29 is 9.53 Å². The lowest BCUT2D eigenvalue weighted by atomic mass is 10.1. The SMILES string of the molecule is CCCC(CC/C=C\CCCCCCCC=O)OC. The molecule has 0 spiro atoms. The van der Waals surface area contributed by atoms with Crippen molar-refractivity contribution in [2.75, 3.05) is 7.11 Å². The molecule has 0 amide bonds. The van der Waals surface area contributed by atoms with Gasteiger partial charge in [0, 0.05) is 13.5 Å². The molecule has 112 valence electrons. The highest BCUT2D eigenvalue weighted by molar-refractivity contribution is 5.48. The van der Waals surface area contributed by atoms with Crippen LogP contribution in [0.5, 0.6) is 0 Å². The van der Waals surface area contributed by atoms with E-state index in [1.807, 2.05) is 7.11 Å². The Kier molecular flexibility index (Phi) is 14.9. The number of carbonyl (C=O) groups is 1. The Morgan fingerprint density at radius 2 is 1.53 bits per heavy atom. The summed E-state index contributed by atoms with van der Waals surface area (Å²) in [5.41, 5.74) is 0. The van der Waals surface area contributed by atoms with Crippen LogP contribution in [0.4, 0.5) is 0 Å². The van der Waals surface area contributed by atoms with Crippen LogP contribution in [0.15, 0.2) is 12.2 Å². The molecular formula is C17H32O2. The third-order valence-electron chi connectivity index (χ3n) is 3.46. The van der Waals surface area contributed by atoms with Crippen LogP contribution in [0, 0.1) is 0 Å². The molecule has 1 atom stereocenters. The molecule has 0 aliphatic heterocycles. The Hall–Kier alpha value is -0.630. The summed E-state index contributed by atoms with van der Waals surface area (Å²) < 4.78 is 5.42. The molecule has 0 rings (SSSR count). The molecule has 2 heteroatoms. The molecule has 0 saturated carbocycles. The van der Waals surface area contributed by atoms with Gasteiger partial charge in [0.1, 0.15) is 6.29 Å². The maximum Gasteiger partial charge on any atom is 0.119 e. The maximum absolute atomic E-state index is 10.1. The van der Waals surface area contributed by atoms with Gasteiger partial charge in [0.25, 0.3) is 0 Å². The van der Waals surface area contributed by atoms with Crippen LogP contribution >= 0.6 is 0 Å². The van der Waals surface area contributed by atoms with Crippen molar-refractivity contribution in [1.29, 1.82) is 0 Å². The van der Waals surface area contributed by atoms with Gasteiger partial charge in [-0.3, -0.25) is 0 Å². The molecule has 19 heavy (non-hydrogen) atoms. The zero-order valence-electron chi connectivity index (χ0n) is 12.9. The van der Waals surface area contributed by atoms with Crippen LogP contribution in [0.25, 0.3) is 0 Å². The molecule has 0 aromatic rings. The number of unbranched alkanes of at least 4 members (excludes halogenated alkanes) is 6. The van der Waals surface area contributed by atoms with Crippen molar-refractivity contribution in [1.82, 2.24) is 0 Å². The van der Waals surface area contributed by atoms with Gasteiger partial charge in [0.2, 0.25) is 0 Å². The van der Waals surface area contributed by atoms with Crippen molar-refractivity contribution in [3.05, 3.63) is 12.2 Å². The predicted molar refractivity (Wildman–Crippen MR) is 82.5 cm³/mol. The van der Waals surface area contributed by atoms with Gasteiger partial charge in [-0.1, -0.05) is 44.8 Å². The molecule has 0 N–H and O–H groups in total. The van der Waals surface area contributed by atoms with E-state index in [1.54, 1.807) is 0 Å². The van der Waals surface area contributed by atoms with Crippen LogP contribution in [0.1, 0.15) is 77.6 Å². The minimum Gasteiger partial charge on any atom is -0.381 e. The van der Waals surface area contributed by atoms with Crippen LogP contribution < -0.4 is 0 Å². The standard InChI is InChI=1S/C17H32O2/c1-3-14-17(19-2)15-12-10-8-6-4-5-7-9-11-13-16-18/h8,10,16-17H,3-7,9,11-15H2,1-2H3/b10-8-. The van der Waals surface area contributed by atoms with Gasteiger partial charge >= 0.3 is 0 Å². The molecule has 0 bridgehead atoms. The maximum atomic E-state index is 10.1. The highest BCUT2D eigenvalue weighted by Crippen LogP contribution is 2.10. The third kappa shape index (κ3) is 13.6. The van der Waals surface area contributed by atoms with Gasteiger partial charge in [-0.05, 0) is 38.5 Å². The van der Waals surface area contributed by atoms with Gasteiger partial charge in [0.05, 0.1) is 6.10 Å². The largest absolute Gasteiger partial charge is 0.381 e. The predicted octanol–water partition coefficient (Wildman–Crippen LogP) is 5.07. The average molecular weight is 268 g/mol. The smallest absolute Gasteiger partial charge is 0.119 e. The second kappa shape index (κ2) is 15.4. The summed E-state index contributed by atoms with van der Waals surface area (Å²) in [7, 11) is 1.81. The van der Waals surface area contributed by atoms with E-state index in [9.17, 15) is 4.79 Å². The second-order valence-corrected chi connectivity index (χ2v) is 5.21. The zero-order valence-corrected chi connectivity index (χ0v) is 12.9. The fraction of sp³-hybridized carbons (Fsp3) is 0.824. The summed E-state index contributed by atoms with van der Waals surface area (Å²) in [5, 5.41) is 0. The van der Waals surface area contributed by atoms with Gasteiger partial charge in [-0.15, -0.1) is 0 Å². The molecular weight excluding hydrogens is 236 g/mol. The molecule has 0 aromatic heterocycles. The first-order chi connectivity index (χ1) is 9.35. The van der Waals surface area contributed by atoms with E-state index in [0.717, 1.165) is 32.0 Å². The van der Waals surface area contributed by atoms with Crippen molar-refractivity contribution >= 4 is 6.29 Å². The number of hydrogen-bond acceptors (Lipinski definition) is 2. The van der Waals surface area contributed by atoms with Crippen LogP contribution in [0.3, 0.4) is 0 Å². The Morgan fingerprint density at radius 1 is 0.895 bits per heavy atom. The lowest BCUT2D eigenvalue weighted by Crippen LogP contribution is -2.08. The molecule has 0 aromatic carbocycles. The number of hydrogen-bond donors (Lipinski definition) is 0. The van der Waals surface area contributed by atoms with Crippen molar-refractivity contribution in [2.24, 2.45) is 0 Å². The summed E-state index contributed by atoms with van der Waals surface area (Å²) in [5.74, 6) is 0. The van der Waals surface area contributed by atoms with Gasteiger partial charge < -0.3 is 9.53 Å². The number of allylic oxidation sites excluding steroid dienone is 2. The molecule has 0 radical (unpaired) electrons. The summed E-state index contributed by atoms with van der Waals surface area (Å²) in [6, 6.07) is 0. The first kappa shape index (κ1) is 18.4. The topological polar surface area (TPSA) is 26.3 Å². The van der Waals surface area contributed by atoms with Crippen LogP contribution in [-0.4, -0.2) is 19.5 Å². The molecule has 2 nitrogen and oxygen atoms in total. The van der Waals surface area contributed by atoms with Gasteiger partial charge in [0.15, 0.2) is 0 Å². The minimum atomic E-state index is 0.437. The summed E-state index contributed by atoms with van der Waals surface area (Å²) >= 11 is 0. The van der Waals surface area contributed by atoms with Crippen LogP contribution in [-0.2, 0) is 9.53 Å². The van der Waals surface area contributed by atoms with E-state index < -0.39 is 0 Å². The molecule has 1 unspecified atom stereocenters. The van der Waals surface area contributed by atoms with E-state index in [0.29, 0.717) is 6.10 Å². The summed E-state index contributed by atoms with van der Waals surface area (Å²) in [6.45, 7) is 2.21. The normalized spacial score (nSPS) is 12.9. The Bertz CT molecular complexity index is 211. The van der Waals surface area contributed by atoms with Gasteiger partial charge in [-0.25, -0.2) is 0 Å². The monoisotopic (exact) mass is 268 g/mol. The molecule has 0 saturated heterocycles. The number of rotatable bonds is 14. The first-order valence-corrected chi connectivity index (χ1v) is 7.96. The molecule has 0 fully saturated rings. The van der Waals surface area contributed by atoms with E-state index in [2.05, 4.69) is 19.1 Å². The zero-order chi connectivity index (χ0) is 14.2. The fourth-order valence-electron chi connectivity index (χ4n) is 2.24. The summed E-state index contributed by atoms with van der Waals surface area (Å²) in [6.07, 6.45) is 18.8. The highest BCUT2D eigenvalue weighted by atomic mass is 16.5. The van der Waals surface area contributed by atoms with E-state index in [-0.39, 0.29) is 0 Å². The molecule has 0 heterocycles. The highest BCUT2D eigenvalue weighted by Gasteiger charge is 2.03. The minimum absolute atomic E-state index is 0.437. The molecule has 0 aliphatic carbocycles. The van der Waals surface area contributed by atoms with E-state index in [4.69, 9.17) is 4.74 Å². The van der Waals surface area contributed by atoms with Gasteiger partial charge in [-0.2, -0.15) is 0 Å². The third-order valence-corrected chi connectivity index (χ3v) is 3.46. The Balaban J connectivity index is 3.27. The van der Waals surface area contributed by atoms with Crippen molar-refractivity contribution in [3.63, 3.8) is 0 Å². The summed E-state index contributed by atoms with van der Waals surface area (Å²) in [4.78, 5) is 10.1. The van der Waals surface area contributed by atoms with Crippen molar-refractivity contribution in [2.45, 2.75) is 83.7 Å². The van der Waals surface area contributed by atoms with E-state index >= 15 is 0 Å². The number of aldehydes is 1. The molecule has 0 aliphatic rings. The Morgan fingerprint density at radius 3 is 2.16 bits per heavy atom. The lowest BCUT2D eigenvalue weighted by molar-refractivity contribution is -0.107.